The van der Waals surface area contributed by atoms with Crippen molar-refractivity contribution in [2.24, 2.45) is 0 Å². The molecule has 6 heavy (non-hydrogen) atoms. The van der Waals surface area contributed by atoms with Gasteiger partial charge in [-0.15, -0.1) is 0 Å². The molecular weight excluding hydrogens is 74.1 g/mol. The molecule has 0 unspecified atom stereocenters. The fourth-order valence-electron chi connectivity index (χ4n) is 0.333. The molecule has 0 aliphatic heterocycles. The number of hydrogen-bond donors (Lipinski definition) is 1. The molecule has 0 spiro atoms. The van der Waals surface area contributed by atoms with Crippen LogP contribution in [0.2, 0.25) is 0 Å². The zero-order chi connectivity index (χ0) is 4.99. The van der Waals surface area contributed by atoms with Crippen molar-refractivity contribution < 1.29 is 4.99 Å². The first-order valence-corrected chi connectivity index (χ1v) is 2.31. The monoisotopic (exact) mass is 86.1 g/mol. The van der Waals surface area contributed by atoms with E-state index in [1.54, 1.807) is 0 Å². The van der Waals surface area contributed by atoms with Crippen LogP contribution in [0.4, 0.5) is 0 Å². The summed E-state index contributed by atoms with van der Waals surface area (Å²) < 4.78 is 0. The Kier molecular flexibility index (Phi) is 2.73. The van der Waals surface area contributed by atoms with Crippen LogP contribution in [0.15, 0.2) is 0 Å². The van der Waals surface area contributed by atoms with E-state index in [4.69, 9.17) is 0 Å². The van der Waals surface area contributed by atoms with Crippen LogP contribution in [0, 0.1) is 0 Å². The molecule has 0 heterocycles. The summed E-state index contributed by atoms with van der Waals surface area (Å²) in [4.78, 5) is 3.08. The first kappa shape index (κ1) is 5.67. The van der Waals surface area contributed by atoms with Crippen LogP contribution < -0.4 is 4.99 Å². The van der Waals surface area contributed by atoms with Crippen LogP contribution >= 0.6 is 0 Å². The fourth-order valence-corrected chi connectivity index (χ4v) is 0.333. The summed E-state index contributed by atoms with van der Waals surface area (Å²) in [5, 5.41) is 0. The minimum Gasteiger partial charge on any atom is -0.250 e. The Balaban J connectivity index is 3.03. The molecule has 0 bridgehead atoms. The lowest BCUT2D eigenvalue weighted by Crippen LogP contribution is -2.73. The van der Waals surface area contributed by atoms with Crippen molar-refractivity contribution in [1.29, 1.82) is 0 Å². The SMILES string of the molecule is CC=[NH+]C(C)C. The second-order valence-electron chi connectivity index (χ2n) is 1.61. The van der Waals surface area contributed by atoms with Crippen LogP contribution in [-0.4, -0.2) is 12.3 Å². The smallest absolute Gasteiger partial charge is 0.144 e. The summed E-state index contributed by atoms with van der Waals surface area (Å²) in [6.07, 6.45) is 1.95. The summed E-state index contributed by atoms with van der Waals surface area (Å²) in [5.74, 6) is 0. The van der Waals surface area contributed by atoms with Crippen LogP contribution in [-0.2, 0) is 0 Å². The van der Waals surface area contributed by atoms with E-state index in [-0.39, 0.29) is 0 Å². The van der Waals surface area contributed by atoms with Gasteiger partial charge in [0.25, 0.3) is 0 Å². The summed E-state index contributed by atoms with van der Waals surface area (Å²) >= 11 is 0. The molecule has 36 valence electrons. The van der Waals surface area contributed by atoms with Gasteiger partial charge in [0, 0.05) is 6.92 Å². The number of nitrogens with one attached hydrogen (secondary N) is 1. The van der Waals surface area contributed by atoms with Crippen molar-refractivity contribution in [2.45, 2.75) is 26.8 Å². The molecular formula is C5H12N+. The van der Waals surface area contributed by atoms with Crippen molar-refractivity contribution in [3.05, 3.63) is 0 Å². The molecule has 0 aromatic carbocycles. The Labute approximate surface area is 39.1 Å². The Hall–Kier alpha value is -0.330. The van der Waals surface area contributed by atoms with Crippen molar-refractivity contribution in [3.8, 4) is 0 Å². The van der Waals surface area contributed by atoms with Gasteiger partial charge < -0.3 is 0 Å². The molecule has 0 aromatic heterocycles. The first-order valence-electron chi connectivity index (χ1n) is 2.31. The van der Waals surface area contributed by atoms with E-state index in [1.165, 1.54) is 0 Å². The average Bonchev–Trinajstić information content (AvgIpc) is 1.35. The molecule has 0 saturated carbocycles. The Morgan fingerprint density at radius 3 is 2.00 bits per heavy atom. The van der Waals surface area contributed by atoms with E-state index < -0.39 is 0 Å². The van der Waals surface area contributed by atoms with Crippen LogP contribution in [0.25, 0.3) is 0 Å². The van der Waals surface area contributed by atoms with Crippen molar-refractivity contribution in [2.75, 3.05) is 0 Å². The van der Waals surface area contributed by atoms with E-state index in [1.807, 2.05) is 13.1 Å². The van der Waals surface area contributed by atoms with E-state index in [9.17, 15) is 0 Å². The highest BCUT2D eigenvalue weighted by Crippen LogP contribution is 1.55. The van der Waals surface area contributed by atoms with E-state index in [0.717, 1.165) is 0 Å². The van der Waals surface area contributed by atoms with Crippen molar-refractivity contribution >= 4 is 6.21 Å². The molecule has 1 N–H and O–H groups in total. The standard InChI is InChI=1S/C5H11N/c1-4-6-5(2)3/h4-5H,1-3H3/p+1. The molecule has 1 nitrogen and oxygen atoms in total. The van der Waals surface area contributed by atoms with Gasteiger partial charge in [0.2, 0.25) is 0 Å². The van der Waals surface area contributed by atoms with Crippen LogP contribution in [0.5, 0.6) is 0 Å². The lowest BCUT2D eigenvalue weighted by Gasteiger charge is -1.80. The maximum atomic E-state index is 3.08. The lowest BCUT2D eigenvalue weighted by molar-refractivity contribution is -0.488. The van der Waals surface area contributed by atoms with Gasteiger partial charge in [-0.2, -0.15) is 0 Å². The summed E-state index contributed by atoms with van der Waals surface area (Å²) in [6.45, 7) is 6.21. The average molecular weight is 86.2 g/mol. The molecule has 0 saturated heterocycles. The Morgan fingerprint density at radius 1 is 1.50 bits per heavy atom. The summed E-state index contributed by atoms with van der Waals surface area (Å²) in [5.41, 5.74) is 0. The molecule has 0 atom stereocenters. The molecule has 0 radical (unpaired) electrons. The molecule has 1 heteroatoms. The number of hydrogen-bond acceptors (Lipinski definition) is 0. The van der Waals surface area contributed by atoms with Gasteiger partial charge in [-0.3, -0.25) is 0 Å². The van der Waals surface area contributed by atoms with Gasteiger partial charge in [-0.05, 0) is 13.8 Å². The maximum absolute atomic E-state index is 3.08. The van der Waals surface area contributed by atoms with Crippen LogP contribution in [0.1, 0.15) is 20.8 Å². The summed E-state index contributed by atoms with van der Waals surface area (Å²) in [6, 6.07) is 0.593. The largest absolute Gasteiger partial charge is 0.250 e. The predicted molar refractivity (Wildman–Crippen MR) is 27.8 cm³/mol. The zero-order valence-corrected chi connectivity index (χ0v) is 4.65. The van der Waals surface area contributed by atoms with Gasteiger partial charge in [-0.1, -0.05) is 0 Å². The molecule has 0 fully saturated rings. The second kappa shape index (κ2) is 2.88. The third-order valence-electron chi connectivity index (χ3n) is 0.500. The van der Waals surface area contributed by atoms with Crippen molar-refractivity contribution in [1.82, 2.24) is 0 Å². The van der Waals surface area contributed by atoms with E-state index in [2.05, 4.69) is 18.8 Å². The van der Waals surface area contributed by atoms with Gasteiger partial charge in [0.15, 0.2) is 0 Å². The van der Waals surface area contributed by atoms with Gasteiger partial charge in [0.05, 0.1) is 0 Å². The number of rotatable bonds is 1. The van der Waals surface area contributed by atoms with Gasteiger partial charge in [-0.25, -0.2) is 4.99 Å². The normalized spacial score (nSPS) is 11.3. The van der Waals surface area contributed by atoms with Gasteiger partial charge >= 0.3 is 0 Å². The van der Waals surface area contributed by atoms with Crippen LogP contribution in [0.3, 0.4) is 0 Å². The Bertz CT molecular complexity index is 45.9. The third kappa shape index (κ3) is 3.67. The van der Waals surface area contributed by atoms with Gasteiger partial charge in [0.1, 0.15) is 12.3 Å². The molecule has 0 aromatic rings. The van der Waals surface area contributed by atoms with Crippen molar-refractivity contribution in [3.63, 3.8) is 0 Å². The topological polar surface area (TPSA) is 14.0 Å². The second-order valence-corrected chi connectivity index (χ2v) is 1.61. The third-order valence-corrected chi connectivity index (χ3v) is 0.500. The predicted octanol–water partition coefficient (Wildman–Crippen LogP) is -0.434. The minimum absolute atomic E-state index is 0.593. The highest BCUT2D eigenvalue weighted by atomic mass is 14.7. The summed E-state index contributed by atoms with van der Waals surface area (Å²) in [7, 11) is 0. The van der Waals surface area contributed by atoms with E-state index in [0.29, 0.717) is 6.04 Å². The lowest BCUT2D eigenvalue weighted by atomic mass is 10.4. The fraction of sp³-hybridized carbons (Fsp3) is 0.800. The molecule has 0 aliphatic rings. The molecule has 0 amide bonds. The first-order chi connectivity index (χ1) is 2.77. The molecule has 0 rings (SSSR count). The van der Waals surface area contributed by atoms with E-state index >= 15 is 0 Å². The highest BCUT2D eigenvalue weighted by molar-refractivity contribution is 5.45. The Morgan fingerprint density at radius 2 is 2.00 bits per heavy atom. The maximum Gasteiger partial charge on any atom is 0.144 e. The minimum atomic E-state index is 0.593. The quantitative estimate of drug-likeness (QED) is 0.416. The highest BCUT2D eigenvalue weighted by Gasteiger charge is 1.84. The zero-order valence-electron chi connectivity index (χ0n) is 4.65. The molecule has 0 aliphatic carbocycles.